The highest BCUT2D eigenvalue weighted by atomic mass is 16.5. The van der Waals surface area contributed by atoms with Gasteiger partial charge in [-0.05, 0) is 31.2 Å². The Bertz CT molecular complexity index is 507. The smallest absolute Gasteiger partial charge is 0.171 e. The number of ether oxygens (including phenoxy) is 1. The maximum atomic E-state index is 5.98. The van der Waals surface area contributed by atoms with Gasteiger partial charge in [0.25, 0.3) is 0 Å². The fourth-order valence-electron chi connectivity index (χ4n) is 1.86. The summed E-state index contributed by atoms with van der Waals surface area (Å²) < 4.78 is 11.4. The Morgan fingerprint density at radius 2 is 2.00 bits per heavy atom. The summed E-state index contributed by atoms with van der Waals surface area (Å²) in [5.41, 5.74) is 7.06. The molecular formula is C15H20N2O2. The normalized spacial score (nSPS) is 13.9. The maximum absolute atomic E-state index is 5.98. The van der Waals surface area contributed by atoms with Crippen molar-refractivity contribution in [3.63, 3.8) is 0 Å². The molecular weight excluding hydrogens is 240 g/mol. The van der Waals surface area contributed by atoms with Crippen molar-refractivity contribution in [1.82, 2.24) is 0 Å². The van der Waals surface area contributed by atoms with E-state index in [1.807, 2.05) is 62.3 Å². The third kappa shape index (κ3) is 3.29. The topological polar surface area (TPSA) is 51.6 Å². The Hall–Kier alpha value is -1.94. The molecule has 0 spiro atoms. The predicted molar refractivity (Wildman–Crippen MR) is 76.5 cm³/mol. The second-order valence-corrected chi connectivity index (χ2v) is 4.80. The molecule has 0 aliphatic carbocycles. The first-order valence-electron chi connectivity index (χ1n) is 6.31. The number of anilines is 1. The molecule has 1 heterocycles. The Labute approximate surface area is 113 Å². The summed E-state index contributed by atoms with van der Waals surface area (Å²) >= 11 is 0. The van der Waals surface area contributed by atoms with Crippen molar-refractivity contribution in [3.8, 4) is 5.75 Å². The number of nitrogens with zero attached hydrogens (tertiary/aromatic N) is 1. The van der Waals surface area contributed by atoms with Crippen molar-refractivity contribution < 1.29 is 9.15 Å². The van der Waals surface area contributed by atoms with Crippen molar-refractivity contribution in [2.24, 2.45) is 5.73 Å². The molecule has 0 amide bonds. The van der Waals surface area contributed by atoms with E-state index in [4.69, 9.17) is 14.9 Å². The minimum Gasteiger partial charge on any atom is -0.481 e. The van der Waals surface area contributed by atoms with Gasteiger partial charge in [0.2, 0.25) is 0 Å². The quantitative estimate of drug-likeness (QED) is 0.898. The zero-order valence-electron chi connectivity index (χ0n) is 11.5. The summed E-state index contributed by atoms with van der Waals surface area (Å²) in [5, 5.41) is 0. The van der Waals surface area contributed by atoms with Crippen LogP contribution in [0.15, 0.2) is 47.1 Å². The second-order valence-electron chi connectivity index (χ2n) is 4.80. The largest absolute Gasteiger partial charge is 0.481 e. The van der Waals surface area contributed by atoms with Crippen LogP contribution in [-0.4, -0.2) is 20.1 Å². The summed E-state index contributed by atoms with van der Waals surface area (Å²) in [5.74, 6) is 1.52. The van der Waals surface area contributed by atoms with Crippen molar-refractivity contribution in [2.45, 2.75) is 19.1 Å². The van der Waals surface area contributed by atoms with Crippen molar-refractivity contribution in [2.75, 3.05) is 19.0 Å². The average molecular weight is 260 g/mol. The molecule has 0 aliphatic rings. The van der Waals surface area contributed by atoms with Crippen molar-refractivity contribution in [1.29, 1.82) is 0 Å². The highest BCUT2D eigenvalue weighted by molar-refractivity contribution is 5.49. The van der Waals surface area contributed by atoms with E-state index in [-0.39, 0.29) is 12.1 Å². The SMILES string of the molecule is CC(N)C(Oc1cccc(N(C)C)c1)c1ccco1. The van der Waals surface area contributed by atoms with Gasteiger partial charge in [-0.15, -0.1) is 0 Å². The third-order valence-electron chi connectivity index (χ3n) is 2.90. The van der Waals surface area contributed by atoms with E-state index in [9.17, 15) is 0 Å². The summed E-state index contributed by atoms with van der Waals surface area (Å²) in [4.78, 5) is 2.03. The standard InChI is InChI=1S/C15H20N2O2/c1-11(16)15(14-8-5-9-18-14)19-13-7-4-6-12(10-13)17(2)3/h4-11,15H,16H2,1-3H3. The summed E-state index contributed by atoms with van der Waals surface area (Å²) in [6.45, 7) is 1.91. The minimum atomic E-state index is -0.285. The molecule has 2 N–H and O–H groups in total. The first kappa shape index (κ1) is 13.5. The lowest BCUT2D eigenvalue weighted by Crippen LogP contribution is -2.28. The highest BCUT2D eigenvalue weighted by Crippen LogP contribution is 2.27. The molecule has 102 valence electrons. The van der Waals surface area contributed by atoms with Crippen LogP contribution in [0, 0.1) is 0 Å². The van der Waals surface area contributed by atoms with E-state index < -0.39 is 0 Å². The van der Waals surface area contributed by atoms with Crippen molar-refractivity contribution in [3.05, 3.63) is 48.4 Å². The van der Waals surface area contributed by atoms with E-state index >= 15 is 0 Å². The molecule has 0 saturated heterocycles. The maximum Gasteiger partial charge on any atom is 0.171 e. The molecule has 2 atom stereocenters. The molecule has 2 rings (SSSR count). The van der Waals surface area contributed by atoms with E-state index in [2.05, 4.69) is 0 Å². The van der Waals surface area contributed by atoms with Gasteiger partial charge in [-0.2, -0.15) is 0 Å². The molecule has 0 aliphatic heterocycles. The zero-order valence-corrected chi connectivity index (χ0v) is 11.5. The Morgan fingerprint density at radius 1 is 1.21 bits per heavy atom. The summed E-state index contributed by atoms with van der Waals surface area (Å²) in [6.07, 6.45) is 1.34. The monoisotopic (exact) mass is 260 g/mol. The van der Waals surface area contributed by atoms with Crippen LogP contribution in [0.2, 0.25) is 0 Å². The number of nitrogens with two attached hydrogens (primary N) is 1. The summed E-state index contributed by atoms with van der Waals surface area (Å²) in [7, 11) is 3.99. The molecule has 1 aromatic carbocycles. The van der Waals surface area contributed by atoms with Gasteiger partial charge in [-0.1, -0.05) is 6.07 Å². The van der Waals surface area contributed by atoms with Crippen LogP contribution >= 0.6 is 0 Å². The van der Waals surface area contributed by atoms with Crippen LogP contribution in [0.25, 0.3) is 0 Å². The lowest BCUT2D eigenvalue weighted by molar-refractivity contribution is 0.153. The Kier molecular flexibility index (Phi) is 4.12. The Balaban J connectivity index is 2.20. The molecule has 0 saturated carbocycles. The molecule has 19 heavy (non-hydrogen) atoms. The van der Waals surface area contributed by atoms with E-state index in [1.54, 1.807) is 6.26 Å². The lowest BCUT2D eigenvalue weighted by Gasteiger charge is -2.21. The van der Waals surface area contributed by atoms with Crippen LogP contribution in [0.3, 0.4) is 0 Å². The third-order valence-corrected chi connectivity index (χ3v) is 2.90. The van der Waals surface area contributed by atoms with Gasteiger partial charge in [0, 0.05) is 31.9 Å². The van der Waals surface area contributed by atoms with Crippen LogP contribution in [0.1, 0.15) is 18.8 Å². The zero-order chi connectivity index (χ0) is 13.8. The van der Waals surface area contributed by atoms with Gasteiger partial charge in [-0.25, -0.2) is 0 Å². The second kappa shape index (κ2) is 5.80. The van der Waals surface area contributed by atoms with E-state index in [0.717, 1.165) is 17.2 Å². The number of hydrogen-bond donors (Lipinski definition) is 1. The number of rotatable bonds is 5. The van der Waals surface area contributed by atoms with E-state index in [1.165, 1.54) is 0 Å². The van der Waals surface area contributed by atoms with Gasteiger partial charge in [-0.3, -0.25) is 0 Å². The van der Waals surface area contributed by atoms with Gasteiger partial charge in [0.15, 0.2) is 6.10 Å². The Morgan fingerprint density at radius 3 is 2.58 bits per heavy atom. The molecule has 0 radical (unpaired) electrons. The number of hydrogen-bond acceptors (Lipinski definition) is 4. The first-order chi connectivity index (χ1) is 9.08. The molecule has 1 aromatic heterocycles. The summed E-state index contributed by atoms with van der Waals surface area (Å²) in [6, 6.07) is 11.5. The highest BCUT2D eigenvalue weighted by Gasteiger charge is 2.21. The average Bonchev–Trinajstić information content (AvgIpc) is 2.89. The van der Waals surface area contributed by atoms with E-state index in [0.29, 0.717) is 0 Å². The molecule has 4 heteroatoms. The molecule has 0 fully saturated rings. The van der Waals surface area contributed by atoms with Crippen LogP contribution < -0.4 is 15.4 Å². The lowest BCUT2D eigenvalue weighted by atomic mass is 10.1. The van der Waals surface area contributed by atoms with Gasteiger partial charge < -0.3 is 19.8 Å². The van der Waals surface area contributed by atoms with Gasteiger partial charge in [0.05, 0.1) is 6.26 Å². The molecule has 2 unspecified atom stereocenters. The number of benzene rings is 1. The van der Waals surface area contributed by atoms with Gasteiger partial charge in [0.1, 0.15) is 11.5 Å². The molecule has 4 nitrogen and oxygen atoms in total. The first-order valence-corrected chi connectivity index (χ1v) is 6.31. The van der Waals surface area contributed by atoms with Gasteiger partial charge >= 0.3 is 0 Å². The fourth-order valence-corrected chi connectivity index (χ4v) is 1.86. The minimum absolute atomic E-state index is 0.158. The van der Waals surface area contributed by atoms with Crippen molar-refractivity contribution >= 4 is 5.69 Å². The number of furan rings is 1. The molecule has 2 aromatic rings. The predicted octanol–water partition coefficient (Wildman–Crippen LogP) is 2.81. The van der Waals surface area contributed by atoms with Crippen LogP contribution in [0.5, 0.6) is 5.75 Å². The molecule has 0 bridgehead atoms. The fraction of sp³-hybridized carbons (Fsp3) is 0.333. The van der Waals surface area contributed by atoms with Crippen LogP contribution in [-0.2, 0) is 0 Å². The van der Waals surface area contributed by atoms with Crippen LogP contribution in [0.4, 0.5) is 5.69 Å².